The Bertz CT molecular complexity index is 225. The molecule has 14 heavy (non-hydrogen) atoms. The van der Waals surface area contributed by atoms with Gasteiger partial charge in [-0.25, -0.2) is 4.79 Å². The van der Waals surface area contributed by atoms with Crippen molar-refractivity contribution in [2.45, 2.75) is 25.9 Å². The highest BCUT2D eigenvalue weighted by Crippen LogP contribution is 2.27. The Labute approximate surface area is 82.4 Å². The Morgan fingerprint density at radius 2 is 2.21 bits per heavy atom. The van der Waals surface area contributed by atoms with Crippen molar-refractivity contribution in [1.29, 1.82) is 0 Å². The summed E-state index contributed by atoms with van der Waals surface area (Å²) >= 11 is 0. The molecule has 0 saturated heterocycles. The van der Waals surface area contributed by atoms with Crippen LogP contribution in [0.15, 0.2) is 0 Å². The molecular formula is C9H15NO4. The van der Waals surface area contributed by atoms with Gasteiger partial charge in [-0.15, -0.1) is 0 Å². The second-order valence-electron chi connectivity index (χ2n) is 3.54. The number of carbonyl (C=O) groups excluding carboxylic acids is 1. The third-order valence-corrected chi connectivity index (χ3v) is 2.10. The van der Waals surface area contributed by atoms with E-state index in [-0.39, 0.29) is 12.5 Å². The van der Waals surface area contributed by atoms with Gasteiger partial charge in [-0.3, -0.25) is 4.79 Å². The molecule has 0 unspecified atom stereocenters. The Morgan fingerprint density at radius 1 is 1.57 bits per heavy atom. The lowest BCUT2D eigenvalue weighted by molar-refractivity contribution is -0.150. The van der Waals surface area contributed by atoms with Gasteiger partial charge in [0.1, 0.15) is 6.61 Å². The first kappa shape index (κ1) is 11.0. The van der Waals surface area contributed by atoms with Crippen LogP contribution in [0, 0.1) is 5.92 Å². The molecule has 5 heteroatoms. The summed E-state index contributed by atoms with van der Waals surface area (Å²) in [7, 11) is 0. The van der Waals surface area contributed by atoms with E-state index in [2.05, 4.69) is 5.32 Å². The Kier molecular flexibility index (Phi) is 3.88. The van der Waals surface area contributed by atoms with Gasteiger partial charge in [0.05, 0.1) is 0 Å². The third kappa shape index (κ3) is 4.23. The summed E-state index contributed by atoms with van der Waals surface area (Å²) < 4.78 is 4.81. The highest BCUT2D eigenvalue weighted by atomic mass is 16.5. The quantitative estimate of drug-likeness (QED) is 0.634. The summed E-state index contributed by atoms with van der Waals surface area (Å²) in [6.07, 6.45) is 1.42. The molecule has 0 aromatic carbocycles. The lowest BCUT2D eigenvalue weighted by Gasteiger charge is -2.08. The number of rotatable bonds is 6. The monoisotopic (exact) mass is 201 g/mol. The molecule has 1 saturated carbocycles. The molecule has 0 spiro atoms. The molecule has 0 aliphatic heterocycles. The standard InChI is InChI=1S/C9H15NO4/c1-6(9(12)13)14-5-8(11)10-4-7-2-3-7/h6-7H,2-5H2,1H3,(H,10,11)(H,12,13)/t6-/m1/s1. The van der Waals surface area contributed by atoms with Crippen LogP contribution in [0.1, 0.15) is 19.8 Å². The molecule has 0 aromatic heterocycles. The lowest BCUT2D eigenvalue weighted by Crippen LogP contribution is -2.32. The van der Waals surface area contributed by atoms with E-state index < -0.39 is 12.1 Å². The molecule has 1 amide bonds. The predicted octanol–water partition coefficient (Wildman–Crippen LogP) is 0.00230. The average Bonchev–Trinajstić information content (AvgIpc) is 2.94. The largest absolute Gasteiger partial charge is 0.479 e. The summed E-state index contributed by atoms with van der Waals surface area (Å²) in [4.78, 5) is 21.4. The first-order valence-electron chi connectivity index (χ1n) is 4.70. The van der Waals surface area contributed by atoms with Crippen molar-refractivity contribution in [1.82, 2.24) is 5.32 Å². The van der Waals surface area contributed by atoms with Crippen LogP contribution >= 0.6 is 0 Å². The summed E-state index contributed by atoms with van der Waals surface area (Å²) in [5.74, 6) is -0.680. The van der Waals surface area contributed by atoms with Crippen molar-refractivity contribution in [2.24, 2.45) is 5.92 Å². The van der Waals surface area contributed by atoms with Gasteiger partial charge in [0.2, 0.25) is 5.91 Å². The van der Waals surface area contributed by atoms with Gasteiger partial charge < -0.3 is 15.2 Å². The Morgan fingerprint density at radius 3 is 2.71 bits per heavy atom. The van der Waals surface area contributed by atoms with E-state index in [0.717, 1.165) is 0 Å². The lowest BCUT2D eigenvalue weighted by atomic mass is 10.4. The minimum absolute atomic E-state index is 0.180. The van der Waals surface area contributed by atoms with Gasteiger partial charge >= 0.3 is 5.97 Å². The molecule has 0 bridgehead atoms. The number of carboxylic acids is 1. The second kappa shape index (κ2) is 4.95. The fourth-order valence-electron chi connectivity index (χ4n) is 0.903. The van der Waals surface area contributed by atoms with Crippen LogP contribution in [0.2, 0.25) is 0 Å². The SMILES string of the molecule is C[C@@H](OCC(=O)NCC1CC1)C(=O)O. The fourth-order valence-corrected chi connectivity index (χ4v) is 0.903. The number of hydrogen-bond acceptors (Lipinski definition) is 3. The maximum absolute atomic E-state index is 11.1. The van der Waals surface area contributed by atoms with E-state index in [0.29, 0.717) is 12.5 Å². The first-order valence-corrected chi connectivity index (χ1v) is 4.70. The topological polar surface area (TPSA) is 75.6 Å². The van der Waals surface area contributed by atoms with Gasteiger partial charge in [0.25, 0.3) is 0 Å². The number of carbonyl (C=O) groups is 2. The van der Waals surface area contributed by atoms with E-state index in [4.69, 9.17) is 9.84 Å². The van der Waals surface area contributed by atoms with Crippen LogP contribution in [0.25, 0.3) is 0 Å². The van der Waals surface area contributed by atoms with E-state index >= 15 is 0 Å². The second-order valence-corrected chi connectivity index (χ2v) is 3.54. The van der Waals surface area contributed by atoms with Crippen molar-refractivity contribution in [3.8, 4) is 0 Å². The molecule has 80 valence electrons. The molecule has 0 radical (unpaired) electrons. The van der Waals surface area contributed by atoms with Crippen LogP contribution in [0.4, 0.5) is 0 Å². The smallest absolute Gasteiger partial charge is 0.332 e. The maximum Gasteiger partial charge on any atom is 0.332 e. The number of hydrogen-bond donors (Lipinski definition) is 2. The van der Waals surface area contributed by atoms with E-state index in [1.54, 1.807) is 0 Å². The highest BCUT2D eigenvalue weighted by molar-refractivity contribution is 5.78. The highest BCUT2D eigenvalue weighted by Gasteiger charge is 2.21. The van der Waals surface area contributed by atoms with E-state index in [9.17, 15) is 9.59 Å². The first-order chi connectivity index (χ1) is 6.59. The molecular weight excluding hydrogens is 186 g/mol. The molecule has 0 heterocycles. The van der Waals surface area contributed by atoms with Crippen LogP contribution in [0.3, 0.4) is 0 Å². The van der Waals surface area contributed by atoms with Gasteiger partial charge in [-0.05, 0) is 25.7 Å². The minimum Gasteiger partial charge on any atom is -0.479 e. The zero-order valence-electron chi connectivity index (χ0n) is 8.16. The molecule has 1 rings (SSSR count). The predicted molar refractivity (Wildman–Crippen MR) is 48.8 cm³/mol. The van der Waals surface area contributed by atoms with Crippen molar-refractivity contribution < 1.29 is 19.4 Å². The van der Waals surface area contributed by atoms with Crippen LogP contribution in [0.5, 0.6) is 0 Å². The van der Waals surface area contributed by atoms with Gasteiger partial charge in [0, 0.05) is 6.54 Å². The maximum atomic E-state index is 11.1. The summed E-state index contributed by atoms with van der Waals surface area (Å²) in [6, 6.07) is 0. The van der Waals surface area contributed by atoms with Crippen molar-refractivity contribution in [3.63, 3.8) is 0 Å². The molecule has 1 fully saturated rings. The number of amides is 1. The van der Waals surface area contributed by atoms with E-state index in [1.165, 1.54) is 19.8 Å². The molecule has 5 nitrogen and oxygen atoms in total. The Hall–Kier alpha value is -1.10. The van der Waals surface area contributed by atoms with Crippen LogP contribution in [-0.2, 0) is 14.3 Å². The number of aliphatic carboxylic acids is 1. The summed E-state index contributed by atoms with van der Waals surface area (Å²) in [5, 5.41) is 11.1. The minimum atomic E-state index is -1.06. The summed E-state index contributed by atoms with van der Waals surface area (Å²) in [5.41, 5.74) is 0. The third-order valence-electron chi connectivity index (χ3n) is 2.10. The van der Waals surface area contributed by atoms with Crippen LogP contribution < -0.4 is 5.32 Å². The average molecular weight is 201 g/mol. The number of ether oxygens (including phenoxy) is 1. The zero-order chi connectivity index (χ0) is 10.6. The van der Waals surface area contributed by atoms with Crippen LogP contribution in [-0.4, -0.2) is 36.2 Å². The molecule has 2 N–H and O–H groups in total. The van der Waals surface area contributed by atoms with Gasteiger partial charge in [-0.2, -0.15) is 0 Å². The number of nitrogens with one attached hydrogen (secondary N) is 1. The van der Waals surface area contributed by atoms with Crippen molar-refractivity contribution >= 4 is 11.9 Å². The van der Waals surface area contributed by atoms with Gasteiger partial charge in [0.15, 0.2) is 6.10 Å². The van der Waals surface area contributed by atoms with E-state index in [1.807, 2.05) is 0 Å². The van der Waals surface area contributed by atoms with Crippen molar-refractivity contribution in [3.05, 3.63) is 0 Å². The molecule has 1 atom stereocenters. The molecule has 1 aliphatic rings. The Balaban J connectivity index is 2.04. The fraction of sp³-hybridized carbons (Fsp3) is 0.778. The zero-order valence-corrected chi connectivity index (χ0v) is 8.16. The summed E-state index contributed by atoms with van der Waals surface area (Å²) in [6.45, 7) is 1.90. The molecule has 0 aromatic rings. The van der Waals surface area contributed by atoms with Crippen molar-refractivity contribution in [2.75, 3.05) is 13.2 Å². The number of carboxylic acid groups (broad SMARTS) is 1. The molecule has 1 aliphatic carbocycles. The van der Waals surface area contributed by atoms with Gasteiger partial charge in [-0.1, -0.05) is 0 Å². The normalized spacial score (nSPS) is 17.5.